The Balaban J connectivity index is 2.22. The van der Waals surface area contributed by atoms with E-state index in [0.717, 1.165) is 20.0 Å². The zero-order chi connectivity index (χ0) is 12.7. The number of benzene rings is 2. The second-order valence-electron chi connectivity index (χ2n) is 3.87. The predicted octanol–water partition coefficient (Wildman–Crippen LogP) is 4.89. The Kier molecular flexibility index (Phi) is 2.95. The Morgan fingerprint density at radius 2 is 1.89 bits per heavy atom. The molecule has 0 spiro atoms. The third-order valence-electron chi connectivity index (χ3n) is 2.63. The minimum Gasteiger partial charge on any atom is -0.338 e. The van der Waals surface area contributed by atoms with Gasteiger partial charge in [-0.1, -0.05) is 31.9 Å². The molecule has 1 aromatic heterocycles. The molecule has 18 heavy (non-hydrogen) atoms. The average Bonchev–Trinajstić information content (AvgIpc) is 2.74. The van der Waals surface area contributed by atoms with E-state index in [9.17, 15) is 4.39 Å². The van der Waals surface area contributed by atoms with Crippen molar-refractivity contribution < 1.29 is 4.39 Å². The van der Waals surface area contributed by atoms with Crippen molar-refractivity contribution in [3.05, 3.63) is 51.2 Å². The summed E-state index contributed by atoms with van der Waals surface area (Å²) in [5, 5.41) is 0. The van der Waals surface area contributed by atoms with Crippen LogP contribution in [0.1, 0.15) is 0 Å². The zero-order valence-corrected chi connectivity index (χ0v) is 12.2. The van der Waals surface area contributed by atoms with E-state index in [4.69, 9.17) is 0 Å². The number of nitrogens with zero attached hydrogens (tertiary/aromatic N) is 1. The molecule has 0 amide bonds. The van der Waals surface area contributed by atoms with Crippen LogP contribution >= 0.6 is 31.9 Å². The van der Waals surface area contributed by atoms with Gasteiger partial charge >= 0.3 is 0 Å². The Morgan fingerprint density at radius 1 is 1.06 bits per heavy atom. The van der Waals surface area contributed by atoms with Gasteiger partial charge in [0, 0.05) is 14.5 Å². The van der Waals surface area contributed by atoms with Crippen molar-refractivity contribution in [1.29, 1.82) is 0 Å². The molecule has 2 aromatic carbocycles. The number of fused-ring (bicyclic) bond motifs is 1. The highest BCUT2D eigenvalue weighted by Crippen LogP contribution is 2.29. The number of rotatable bonds is 1. The van der Waals surface area contributed by atoms with Crippen molar-refractivity contribution in [1.82, 2.24) is 9.97 Å². The summed E-state index contributed by atoms with van der Waals surface area (Å²) < 4.78 is 15.1. The third-order valence-corrected chi connectivity index (χ3v) is 3.81. The summed E-state index contributed by atoms with van der Waals surface area (Å²) in [4.78, 5) is 7.64. The smallest absolute Gasteiger partial charge is 0.139 e. The van der Waals surface area contributed by atoms with Gasteiger partial charge in [0.25, 0.3) is 0 Å². The van der Waals surface area contributed by atoms with Crippen LogP contribution in [0.3, 0.4) is 0 Å². The lowest BCUT2D eigenvalue weighted by Crippen LogP contribution is -1.84. The van der Waals surface area contributed by atoms with Crippen molar-refractivity contribution in [3.8, 4) is 11.4 Å². The van der Waals surface area contributed by atoms with Crippen molar-refractivity contribution >= 4 is 42.9 Å². The van der Waals surface area contributed by atoms with Crippen LogP contribution in [0.15, 0.2) is 45.3 Å². The Morgan fingerprint density at radius 3 is 2.72 bits per heavy atom. The highest BCUT2D eigenvalue weighted by molar-refractivity contribution is 9.10. The largest absolute Gasteiger partial charge is 0.338 e. The van der Waals surface area contributed by atoms with Crippen LogP contribution in [-0.4, -0.2) is 9.97 Å². The average molecular weight is 370 g/mol. The molecule has 0 aliphatic rings. The summed E-state index contributed by atoms with van der Waals surface area (Å²) in [6.07, 6.45) is 0. The van der Waals surface area contributed by atoms with Gasteiger partial charge in [0.05, 0.1) is 11.0 Å². The summed E-state index contributed by atoms with van der Waals surface area (Å²) in [5.41, 5.74) is 2.47. The summed E-state index contributed by atoms with van der Waals surface area (Å²) in [6.45, 7) is 0. The van der Waals surface area contributed by atoms with E-state index in [1.165, 1.54) is 12.1 Å². The number of aromatic nitrogens is 2. The molecular formula is C13H7Br2FN2. The van der Waals surface area contributed by atoms with Crippen LogP contribution in [0, 0.1) is 5.82 Å². The molecule has 0 unspecified atom stereocenters. The molecular weight excluding hydrogens is 363 g/mol. The maximum atomic E-state index is 13.3. The molecule has 90 valence electrons. The van der Waals surface area contributed by atoms with Crippen LogP contribution in [0.2, 0.25) is 0 Å². The van der Waals surface area contributed by atoms with E-state index in [-0.39, 0.29) is 5.82 Å². The molecule has 1 N–H and O–H groups in total. The monoisotopic (exact) mass is 368 g/mol. The molecule has 1 heterocycles. The van der Waals surface area contributed by atoms with Crippen molar-refractivity contribution in [2.45, 2.75) is 0 Å². The third kappa shape index (κ3) is 2.08. The number of halogens is 3. The Bertz CT molecular complexity index is 737. The molecule has 3 rings (SSSR count). The number of nitrogens with one attached hydrogen (secondary N) is 1. The normalized spacial score (nSPS) is 11.1. The van der Waals surface area contributed by atoms with E-state index in [2.05, 4.69) is 41.8 Å². The van der Waals surface area contributed by atoms with Crippen LogP contribution in [-0.2, 0) is 0 Å². The second-order valence-corrected chi connectivity index (χ2v) is 5.64. The van der Waals surface area contributed by atoms with Crippen LogP contribution in [0.4, 0.5) is 4.39 Å². The minimum atomic E-state index is -0.283. The van der Waals surface area contributed by atoms with Crippen LogP contribution in [0.5, 0.6) is 0 Å². The Labute approximate surface area is 119 Å². The number of H-pyrrole nitrogens is 1. The van der Waals surface area contributed by atoms with Gasteiger partial charge in [0.2, 0.25) is 0 Å². The number of hydrogen-bond acceptors (Lipinski definition) is 1. The quantitative estimate of drug-likeness (QED) is 0.649. The molecule has 0 saturated carbocycles. The molecule has 0 radical (unpaired) electrons. The number of aromatic amines is 1. The Hall–Kier alpha value is -1.20. The molecule has 0 atom stereocenters. The molecule has 3 aromatic rings. The first kappa shape index (κ1) is 11.9. The SMILES string of the molecule is Fc1ccc(Br)c(-c2nc3ccc(Br)cc3[nH]2)c1. The predicted molar refractivity (Wildman–Crippen MR) is 76.9 cm³/mol. The van der Waals surface area contributed by atoms with E-state index in [1.54, 1.807) is 6.07 Å². The molecule has 0 aliphatic carbocycles. The lowest BCUT2D eigenvalue weighted by atomic mass is 10.2. The van der Waals surface area contributed by atoms with Crippen molar-refractivity contribution in [2.75, 3.05) is 0 Å². The standard InChI is InChI=1S/C13H7Br2FN2/c14-7-1-4-11-12(5-7)18-13(17-11)9-6-8(16)2-3-10(9)15/h1-6H,(H,17,18). The molecule has 5 heteroatoms. The van der Waals surface area contributed by atoms with Gasteiger partial charge in [-0.05, 0) is 36.4 Å². The fourth-order valence-electron chi connectivity index (χ4n) is 1.79. The first-order valence-corrected chi connectivity index (χ1v) is 6.83. The van der Waals surface area contributed by atoms with E-state index < -0.39 is 0 Å². The van der Waals surface area contributed by atoms with Gasteiger partial charge < -0.3 is 4.98 Å². The van der Waals surface area contributed by atoms with E-state index >= 15 is 0 Å². The molecule has 0 saturated heterocycles. The van der Waals surface area contributed by atoms with Gasteiger partial charge in [-0.25, -0.2) is 9.37 Å². The van der Waals surface area contributed by atoms with E-state index in [0.29, 0.717) is 11.4 Å². The van der Waals surface area contributed by atoms with Gasteiger partial charge in [-0.15, -0.1) is 0 Å². The summed E-state index contributed by atoms with van der Waals surface area (Å²) in [5.74, 6) is 0.365. The second kappa shape index (κ2) is 4.48. The molecule has 0 bridgehead atoms. The maximum Gasteiger partial charge on any atom is 0.139 e. The lowest BCUT2D eigenvalue weighted by molar-refractivity contribution is 0.628. The van der Waals surface area contributed by atoms with Gasteiger partial charge in [-0.2, -0.15) is 0 Å². The first-order chi connectivity index (χ1) is 8.63. The van der Waals surface area contributed by atoms with Gasteiger partial charge in [0.15, 0.2) is 0 Å². The summed E-state index contributed by atoms with van der Waals surface area (Å²) in [7, 11) is 0. The number of imidazole rings is 1. The van der Waals surface area contributed by atoms with Gasteiger partial charge in [-0.3, -0.25) is 0 Å². The molecule has 2 nitrogen and oxygen atoms in total. The fourth-order valence-corrected chi connectivity index (χ4v) is 2.58. The fraction of sp³-hybridized carbons (Fsp3) is 0. The van der Waals surface area contributed by atoms with Gasteiger partial charge in [0.1, 0.15) is 11.6 Å². The minimum absolute atomic E-state index is 0.283. The lowest BCUT2D eigenvalue weighted by Gasteiger charge is -2.00. The van der Waals surface area contributed by atoms with Crippen molar-refractivity contribution in [2.24, 2.45) is 0 Å². The van der Waals surface area contributed by atoms with Crippen molar-refractivity contribution in [3.63, 3.8) is 0 Å². The summed E-state index contributed by atoms with van der Waals surface area (Å²) in [6, 6.07) is 10.3. The summed E-state index contributed by atoms with van der Waals surface area (Å²) >= 11 is 6.81. The highest BCUT2D eigenvalue weighted by atomic mass is 79.9. The van der Waals surface area contributed by atoms with E-state index in [1.807, 2.05) is 18.2 Å². The topological polar surface area (TPSA) is 28.7 Å². The highest BCUT2D eigenvalue weighted by Gasteiger charge is 2.09. The van der Waals surface area contributed by atoms with Crippen LogP contribution in [0.25, 0.3) is 22.4 Å². The zero-order valence-electron chi connectivity index (χ0n) is 9.05. The first-order valence-electron chi connectivity index (χ1n) is 5.24. The number of hydrogen-bond donors (Lipinski definition) is 1. The molecule has 0 fully saturated rings. The maximum absolute atomic E-state index is 13.3. The molecule has 0 aliphatic heterocycles. The van der Waals surface area contributed by atoms with Crippen LogP contribution < -0.4 is 0 Å².